The van der Waals surface area contributed by atoms with E-state index in [1.165, 1.54) is 41.3 Å². The molecule has 4 aromatic rings. The molecule has 0 bridgehead atoms. The van der Waals surface area contributed by atoms with Crippen molar-refractivity contribution in [2.45, 2.75) is 6.18 Å². The van der Waals surface area contributed by atoms with Gasteiger partial charge in [-0.05, 0) is 30.3 Å². The van der Waals surface area contributed by atoms with Crippen molar-refractivity contribution in [3.63, 3.8) is 0 Å². The number of carbonyl (C=O) groups excluding carboxylic acids is 1. The van der Waals surface area contributed by atoms with E-state index in [9.17, 15) is 22.4 Å². The number of aromatic nitrogens is 3. The lowest BCUT2D eigenvalue weighted by Crippen LogP contribution is -2.41. The SMILES string of the molecule is O=C(c1c(-c2c(F)cccc2Cl)noc1-c1cnn(-c2cccc(Cl)c2)c1C(F)(F)F)N1CCOCC1. The number of amides is 1. The highest BCUT2D eigenvalue weighted by molar-refractivity contribution is 6.33. The van der Waals surface area contributed by atoms with Crippen molar-refractivity contribution < 1.29 is 31.6 Å². The number of benzene rings is 2. The molecule has 0 aliphatic carbocycles. The van der Waals surface area contributed by atoms with Gasteiger partial charge in [0.25, 0.3) is 5.91 Å². The smallest absolute Gasteiger partial charge is 0.378 e. The van der Waals surface area contributed by atoms with Crippen LogP contribution in [0.4, 0.5) is 17.6 Å². The Hall–Kier alpha value is -3.41. The maximum absolute atomic E-state index is 14.8. The number of nitrogens with zero attached hydrogens (tertiary/aromatic N) is 4. The van der Waals surface area contributed by atoms with Crippen molar-refractivity contribution in [2.75, 3.05) is 26.3 Å². The van der Waals surface area contributed by atoms with E-state index in [0.717, 1.165) is 12.3 Å². The average molecular weight is 555 g/mol. The highest BCUT2D eigenvalue weighted by Gasteiger charge is 2.42. The van der Waals surface area contributed by atoms with E-state index < -0.39 is 34.9 Å². The minimum absolute atomic E-state index is 0.0315. The molecule has 0 atom stereocenters. The third kappa shape index (κ3) is 4.70. The van der Waals surface area contributed by atoms with Crippen molar-refractivity contribution >= 4 is 29.1 Å². The molecule has 1 fully saturated rings. The van der Waals surface area contributed by atoms with Crippen LogP contribution in [0.2, 0.25) is 10.0 Å². The van der Waals surface area contributed by atoms with E-state index in [0.29, 0.717) is 4.68 Å². The van der Waals surface area contributed by atoms with E-state index in [1.54, 1.807) is 0 Å². The maximum atomic E-state index is 14.8. The van der Waals surface area contributed by atoms with Crippen molar-refractivity contribution in [1.82, 2.24) is 19.8 Å². The van der Waals surface area contributed by atoms with Crippen LogP contribution in [0.3, 0.4) is 0 Å². The van der Waals surface area contributed by atoms with Crippen LogP contribution < -0.4 is 0 Å². The van der Waals surface area contributed by atoms with Gasteiger partial charge in [0.15, 0.2) is 11.5 Å². The van der Waals surface area contributed by atoms with Gasteiger partial charge in [0.05, 0.1) is 41.2 Å². The van der Waals surface area contributed by atoms with Crippen molar-refractivity contribution in [2.24, 2.45) is 0 Å². The first-order valence-corrected chi connectivity index (χ1v) is 11.6. The fraction of sp³-hybridized carbons (Fsp3) is 0.208. The summed E-state index contributed by atoms with van der Waals surface area (Å²) in [7, 11) is 0. The molecule has 2 aromatic carbocycles. The Morgan fingerprint density at radius 2 is 1.78 bits per heavy atom. The zero-order chi connectivity index (χ0) is 26.3. The fourth-order valence-electron chi connectivity index (χ4n) is 4.08. The molecule has 0 radical (unpaired) electrons. The minimum Gasteiger partial charge on any atom is -0.378 e. The molecule has 37 heavy (non-hydrogen) atoms. The zero-order valence-electron chi connectivity index (χ0n) is 18.7. The van der Waals surface area contributed by atoms with Gasteiger partial charge in [-0.2, -0.15) is 18.3 Å². The Kier molecular flexibility index (Phi) is 6.69. The first-order valence-electron chi connectivity index (χ1n) is 10.9. The summed E-state index contributed by atoms with van der Waals surface area (Å²) in [6.45, 7) is 0.787. The lowest BCUT2D eigenvalue weighted by molar-refractivity contribution is -0.142. The van der Waals surface area contributed by atoms with E-state index in [4.69, 9.17) is 32.5 Å². The second-order valence-corrected chi connectivity index (χ2v) is 8.88. The van der Waals surface area contributed by atoms with Crippen LogP contribution in [0.15, 0.2) is 53.2 Å². The van der Waals surface area contributed by atoms with Gasteiger partial charge in [-0.15, -0.1) is 0 Å². The quantitative estimate of drug-likeness (QED) is 0.284. The number of hydrogen-bond acceptors (Lipinski definition) is 5. The summed E-state index contributed by atoms with van der Waals surface area (Å²) in [5.74, 6) is -2.06. The predicted molar refractivity (Wildman–Crippen MR) is 126 cm³/mol. The van der Waals surface area contributed by atoms with Crippen molar-refractivity contribution in [1.29, 1.82) is 0 Å². The largest absolute Gasteiger partial charge is 0.434 e. The molecule has 1 saturated heterocycles. The van der Waals surface area contributed by atoms with E-state index >= 15 is 0 Å². The van der Waals surface area contributed by atoms with Crippen LogP contribution in [0, 0.1) is 5.82 Å². The lowest BCUT2D eigenvalue weighted by Gasteiger charge is -2.27. The topological polar surface area (TPSA) is 73.4 Å². The molecule has 0 N–H and O–H groups in total. The Bertz CT molecular complexity index is 1460. The zero-order valence-corrected chi connectivity index (χ0v) is 20.2. The molecule has 0 saturated carbocycles. The highest BCUT2D eigenvalue weighted by atomic mass is 35.5. The highest BCUT2D eigenvalue weighted by Crippen LogP contribution is 2.43. The molecule has 0 spiro atoms. The molecule has 0 unspecified atom stereocenters. The van der Waals surface area contributed by atoms with Gasteiger partial charge in [0, 0.05) is 18.1 Å². The van der Waals surface area contributed by atoms with Gasteiger partial charge in [-0.3, -0.25) is 4.79 Å². The molecular weight excluding hydrogens is 539 g/mol. The van der Waals surface area contributed by atoms with Crippen LogP contribution in [-0.4, -0.2) is 52.0 Å². The Morgan fingerprint density at radius 1 is 1.05 bits per heavy atom. The summed E-state index contributed by atoms with van der Waals surface area (Å²) in [5.41, 5.74) is -2.72. The molecule has 1 aliphatic heterocycles. The van der Waals surface area contributed by atoms with Crippen LogP contribution in [0.5, 0.6) is 0 Å². The van der Waals surface area contributed by atoms with Gasteiger partial charge in [0.1, 0.15) is 17.1 Å². The number of rotatable bonds is 4. The molecule has 192 valence electrons. The molecule has 1 amide bonds. The number of ether oxygens (including phenoxy) is 1. The summed E-state index contributed by atoms with van der Waals surface area (Å²) >= 11 is 12.2. The summed E-state index contributed by atoms with van der Waals surface area (Å²) in [5, 5.41) is 7.82. The Balaban J connectivity index is 1.76. The fourth-order valence-corrected chi connectivity index (χ4v) is 4.52. The second-order valence-electron chi connectivity index (χ2n) is 8.03. The van der Waals surface area contributed by atoms with Gasteiger partial charge in [-0.1, -0.05) is 40.5 Å². The standard InChI is InChI=1S/C24H16Cl2F4N4O3/c25-13-3-1-4-14(11-13)34-22(24(28,29)30)15(12-31-34)21-19(23(35)33-7-9-36-10-8-33)20(32-37-21)18-16(26)5-2-6-17(18)27/h1-6,11-12H,7-10H2. The molecule has 13 heteroatoms. The van der Waals surface area contributed by atoms with Gasteiger partial charge >= 0.3 is 6.18 Å². The third-order valence-electron chi connectivity index (χ3n) is 5.74. The molecule has 2 aromatic heterocycles. The Morgan fingerprint density at radius 3 is 2.46 bits per heavy atom. The monoisotopic (exact) mass is 554 g/mol. The summed E-state index contributed by atoms with van der Waals surface area (Å²) in [4.78, 5) is 15.0. The third-order valence-corrected chi connectivity index (χ3v) is 6.29. The summed E-state index contributed by atoms with van der Waals surface area (Å²) in [6.07, 6.45) is -4.02. The molecule has 1 aliphatic rings. The van der Waals surface area contributed by atoms with Crippen LogP contribution in [0.1, 0.15) is 16.1 Å². The summed E-state index contributed by atoms with van der Waals surface area (Å²) < 4.78 is 69.3. The molecular formula is C24H16Cl2F4N4O3. The van der Waals surface area contributed by atoms with Crippen molar-refractivity contribution in [3.8, 4) is 28.3 Å². The normalized spacial score (nSPS) is 14.3. The number of carbonyl (C=O) groups is 1. The predicted octanol–water partition coefficient (Wildman–Crippen LogP) is 6.13. The van der Waals surface area contributed by atoms with E-state index in [2.05, 4.69) is 10.3 Å². The van der Waals surface area contributed by atoms with Crippen LogP contribution in [-0.2, 0) is 10.9 Å². The second kappa shape index (κ2) is 9.81. The Labute approximate surface area is 217 Å². The number of alkyl halides is 3. The minimum atomic E-state index is -4.93. The van der Waals surface area contributed by atoms with Gasteiger partial charge in [0.2, 0.25) is 0 Å². The van der Waals surface area contributed by atoms with Gasteiger partial charge < -0.3 is 14.2 Å². The first-order chi connectivity index (χ1) is 17.7. The lowest BCUT2D eigenvalue weighted by atomic mass is 10.0. The van der Waals surface area contributed by atoms with Crippen LogP contribution >= 0.6 is 23.2 Å². The molecule has 5 rings (SSSR count). The first kappa shape index (κ1) is 25.2. The maximum Gasteiger partial charge on any atom is 0.434 e. The number of hydrogen-bond donors (Lipinski definition) is 0. The van der Waals surface area contributed by atoms with E-state index in [-0.39, 0.29) is 58.9 Å². The number of halogens is 6. The molecule has 3 heterocycles. The molecule has 7 nitrogen and oxygen atoms in total. The van der Waals surface area contributed by atoms with Crippen molar-refractivity contribution in [3.05, 3.63) is 75.8 Å². The van der Waals surface area contributed by atoms with Crippen LogP contribution in [0.25, 0.3) is 28.3 Å². The van der Waals surface area contributed by atoms with E-state index in [1.807, 2.05) is 0 Å². The van der Waals surface area contributed by atoms with Gasteiger partial charge in [-0.25, -0.2) is 9.07 Å². The average Bonchev–Trinajstić information content (AvgIpc) is 3.49. The number of morpholine rings is 1. The summed E-state index contributed by atoms with van der Waals surface area (Å²) in [6, 6.07) is 9.48.